The Morgan fingerprint density at radius 3 is 2.40 bits per heavy atom. The van der Waals surface area contributed by atoms with Crippen LogP contribution in [0.3, 0.4) is 0 Å². The van der Waals surface area contributed by atoms with Crippen LogP contribution in [0, 0.1) is 5.92 Å². The van der Waals surface area contributed by atoms with Crippen LogP contribution in [0.1, 0.15) is 46.0 Å². The third-order valence-electron chi connectivity index (χ3n) is 2.23. The molecule has 0 saturated heterocycles. The summed E-state index contributed by atoms with van der Waals surface area (Å²) < 4.78 is 0. The first-order valence-corrected chi connectivity index (χ1v) is 5.56. The Morgan fingerprint density at radius 1 is 1.27 bits per heavy atom. The van der Waals surface area contributed by atoms with Crippen molar-refractivity contribution in [3.05, 3.63) is 12.2 Å². The van der Waals surface area contributed by atoms with Crippen molar-refractivity contribution in [2.75, 3.05) is 0 Å². The fraction of sp³-hybridized carbons (Fsp3) is 0.667. The predicted molar refractivity (Wildman–Crippen MR) is 59.7 cm³/mol. The molecule has 0 radical (unpaired) electrons. The molecule has 1 atom stereocenters. The smallest absolute Gasteiger partial charge is 0.314 e. The lowest BCUT2D eigenvalue weighted by atomic mass is 9.97. The predicted octanol–water partition coefficient (Wildman–Crippen LogP) is 2.80. The number of carbonyl (C=O) groups excluding carboxylic acids is 1. The van der Waals surface area contributed by atoms with E-state index in [0.29, 0.717) is 6.42 Å². The number of carbonyl (C=O) groups is 2. The summed E-state index contributed by atoms with van der Waals surface area (Å²) in [6.07, 6.45) is 7.10. The Kier molecular flexibility index (Phi) is 7.60. The monoisotopic (exact) mass is 212 g/mol. The van der Waals surface area contributed by atoms with Crippen LogP contribution >= 0.6 is 0 Å². The number of ketones is 1. The Bertz CT molecular complexity index is 231. The van der Waals surface area contributed by atoms with Gasteiger partial charge in [0.1, 0.15) is 5.92 Å². The van der Waals surface area contributed by atoms with Crippen molar-refractivity contribution in [2.24, 2.45) is 5.92 Å². The number of unbranched alkanes of at least 4 members (excludes halogenated alkanes) is 2. The summed E-state index contributed by atoms with van der Waals surface area (Å²) >= 11 is 0. The summed E-state index contributed by atoms with van der Waals surface area (Å²) in [5.74, 6) is -2.13. The molecule has 3 heteroatoms. The van der Waals surface area contributed by atoms with Gasteiger partial charge in [-0.05, 0) is 18.9 Å². The van der Waals surface area contributed by atoms with E-state index in [-0.39, 0.29) is 5.78 Å². The number of aliphatic carboxylic acids is 1. The Labute approximate surface area is 91.2 Å². The molecule has 0 bridgehead atoms. The van der Waals surface area contributed by atoms with Crippen molar-refractivity contribution in [1.82, 2.24) is 0 Å². The molecule has 86 valence electrons. The molecule has 0 spiro atoms. The average molecular weight is 212 g/mol. The van der Waals surface area contributed by atoms with Crippen LogP contribution in [0.5, 0.6) is 0 Å². The largest absolute Gasteiger partial charge is 0.481 e. The molecule has 3 nitrogen and oxygen atoms in total. The number of carboxylic acids is 1. The van der Waals surface area contributed by atoms with E-state index in [9.17, 15) is 9.59 Å². The van der Waals surface area contributed by atoms with Crippen LogP contribution in [0.2, 0.25) is 0 Å². The van der Waals surface area contributed by atoms with Gasteiger partial charge in [-0.1, -0.05) is 39.2 Å². The van der Waals surface area contributed by atoms with Crippen LogP contribution < -0.4 is 0 Å². The maximum atomic E-state index is 11.5. The molecule has 0 aromatic rings. The highest BCUT2D eigenvalue weighted by molar-refractivity contribution is 6.04. The van der Waals surface area contributed by atoms with E-state index < -0.39 is 11.9 Å². The minimum absolute atomic E-state index is 0.274. The molecule has 0 rings (SSSR count). The van der Waals surface area contributed by atoms with Crippen molar-refractivity contribution in [3.63, 3.8) is 0 Å². The Morgan fingerprint density at radius 2 is 1.93 bits per heavy atom. The highest BCUT2D eigenvalue weighted by Gasteiger charge is 2.22. The Hall–Kier alpha value is -1.12. The van der Waals surface area contributed by atoms with E-state index in [1.807, 2.05) is 13.8 Å². The molecule has 0 aliphatic heterocycles. The second-order valence-corrected chi connectivity index (χ2v) is 3.63. The summed E-state index contributed by atoms with van der Waals surface area (Å²) in [5, 5.41) is 8.87. The summed E-state index contributed by atoms with van der Waals surface area (Å²) in [7, 11) is 0. The lowest BCUT2D eigenvalue weighted by molar-refractivity contribution is -0.145. The molecule has 0 aromatic heterocycles. The first-order valence-electron chi connectivity index (χ1n) is 5.56. The van der Waals surface area contributed by atoms with E-state index in [1.165, 1.54) is 6.08 Å². The summed E-state index contributed by atoms with van der Waals surface area (Å²) in [6.45, 7) is 4.00. The number of allylic oxidation sites excluding steroid dienone is 2. The van der Waals surface area contributed by atoms with Gasteiger partial charge in [0.25, 0.3) is 0 Å². The van der Waals surface area contributed by atoms with Crippen LogP contribution in [0.25, 0.3) is 0 Å². The van der Waals surface area contributed by atoms with E-state index in [4.69, 9.17) is 5.11 Å². The zero-order chi connectivity index (χ0) is 11.7. The number of rotatable bonds is 8. The highest BCUT2D eigenvalue weighted by atomic mass is 16.4. The van der Waals surface area contributed by atoms with Gasteiger partial charge >= 0.3 is 5.97 Å². The van der Waals surface area contributed by atoms with Crippen LogP contribution in [0.4, 0.5) is 0 Å². The number of hydrogen-bond donors (Lipinski definition) is 1. The van der Waals surface area contributed by atoms with E-state index in [1.54, 1.807) is 6.08 Å². The number of carboxylic acid groups (broad SMARTS) is 1. The van der Waals surface area contributed by atoms with Crippen LogP contribution in [-0.2, 0) is 9.59 Å². The first kappa shape index (κ1) is 13.9. The summed E-state index contributed by atoms with van der Waals surface area (Å²) in [6, 6.07) is 0. The van der Waals surface area contributed by atoms with Crippen molar-refractivity contribution < 1.29 is 14.7 Å². The van der Waals surface area contributed by atoms with Crippen LogP contribution in [-0.4, -0.2) is 16.9 Å². The molecule has 0 fully saturated rings. The van der Waals surface area contributed by atoms with E-state index in [2.05, 4.69) is 0 Å². The maximum Gasteiger partial charge on any atom is 0.314 e. The van der Waals surface area contributed by atoms with Gasteiger partial charge < -0.3 is 5.11 Å². The number of hydrogen-bond acceptors (Lipinski definition) is 2. The van der Waals surface area contributed by atoms with E-state index in [0.717, 1.165) is 25.7 Å². The molecule has 1 unspecified atom stereocenters. The first-order chi connectivity index (χ1) is 7.13. The lowest BCUT2D eigenvalue weighted by Gasteiger charge is -2.07. The topological polar surface area (TPSA) is 54.4 Å². The lowest BCUT2D eigenvalue weighted by Crippen LogP contribution is -2.22. The summed E-state index contributed by atoms with van der Waals surface area (Å²) in [5.41, 5.74) is 0. The molecule has 15 heavy (non-hydrogen) atoms. The van der Waals surface area contributed by atoms with Gasteiger partial charge in [0.2, 0.25) is 0 Å². The minimum Gasteiger partial charge on any atom is -0.481 e. The van der Waals surface area contributed by atoms with Gasteiger partial charge in [0.05, 0.1) is 0 Å². The van der Waals surface area contributed by atoms with Crippen molar-refractivity contribution in [3.8, 4) is 0 Å². The van der Waals surface area contributed by atoms with Gasteiger partial charge in [0, 0.05) is 0 Å². The molecule has 0 saturated carbocycles. The molecular weight excluding hydrogens is 192 g/mol. The second-order valence-electron chi connectivity index (χ2n) is 3.63. The van der Waals surface area contributed by atoms with Crippen molar-refractivity contribution in [2.45, 2.75) is 46.0 Å². The molecule has 0 amide bonds. The fourth-order valence-corrected chi connectivity index (χ4v) is 1.28. The van der Waals surface area contributed by atoms with Crippen LogP contribution in [0.15, 0.2) is 12.2 Å². The molecule has 1 N–H and O–H groups in total. The van der Waals surface area contributed by atoms with Crippen molar-refractivity contribution >= 4 is 11.8 Å². The normalized spacial score (nSPS) is 12.9. The SMILES string of the molecule is CCCC=CC(=O)C(CCCC)C(=O)O. The molecule has 0 heterocycles. The average Bonchev–Trinajstić information content (AvgIpc) is 2.18. The molecular formula is C12H20O3. The van der Waals surface area contributed by atoms with Gasteiger partial charge in [0.15, 0.2) is 5.78 Å². The molecule has 0 aromatic carbocycles. The fourth-order valence-electron chi connectivity index (χ4n) is 1.28. The molecule has 0 aliphatic carbocycles. The zero-order valence-electron chi connectivity index (χ0n) is 9.53. The quantitative estimate of drug-likeness (QED) is 0.497. The van der Waals surface area contributed by atoms with Gasteiger partial charge in [-0.15, -0.1) is 0 Å². The standard InChI is InChI=1S/C12H20O3/c1-3-5-7-9-11(13)10(12(14)15)8-6-4-2/h7,9-10H,3-6,8H2,1-2H3,(H,14,15). The van der Waals surface area contributed by atoms with Gasteiger partial charge in [-0.3, -0.25) is 9.59 Å². The van der Waals surface area contributed by atoms with Gasteiger partial charge in [-0.25, -0.2) is 0 Å². The third-order valence-corrected chi connectivity index (χ3v) is 2.23. The second kappa shape index (κ2) is 8.21. The zero-order valence-corrected chi connectivity index (χ0v) is 9.53. The summed E-state index contributed by atoms with van der Waals surface area (Å²) in [4.78, 5) is 22.3. The van der Waals surface area contributed by atoms with Crippen molar-refractivity contribution in [1.29, 1.82) is 0 Å². The highest BCUT2D eigenvalue weighted by Crippen LogP contribution is 2.11. The van der Waals surface area contributed by atoms with E-state index >= 15 is 0 Å². The third kappa shape index (κ3) is 6.05. The maximum absolute atomic E-state index is 11.5. The minimum atomic E-state index is -1.01. The molecule has 0 aliphatic rings. The van der Waals surface area contributed by atoms with Gasteiger partial charge in [-0.2, -0.15) is 0 Å². The Balaban J connectivity index is 4.22.